The molecule has 0 saturated heterocycles. The molecule has 7 nitrogen and oxygen atoms in total. The predicted octanol–water partition coefficient (Wildman–Crippen LogP) is 5.23. The summed E-state index contributed by atoms with van der Waals surface area (Å²) in [5.41, 5.74) is 2.95. The third-order valence-electron chi connectivity index (χ3n) is 4.81. The van der Waals surface area contributed by atoms with Gasteiger partial charge in [0.1, 0.15) is 5.82 Å². The molecule has 162 valence electrons. The lowest BCUT2D eigenvalue weighted by molar-refractivity contribution is 0.0994. The molecule has 8 heteroatoms. The summed E-state index contributed by atoms with van der Waals surface area (Å²) in [6, 6.07) is 15.9. The molecule has 0 saturated carbocycles. The van der Waals surface area contributed by atoms with E-state index in [-0.39, 0.29) is 29.3 Å². The summed E-state index contributed by atoms with van der Waals surface area (Å²) in [4.78, 5) is 25.0. The molecule has 4 rings (SSSR count). The fourth-order valence-electron chi connectivity index (χ4n) is 3.31. The maximum atomic E-state index is 13.3. The van der Waals surface area contributed by atoms with Crippen LogP contribution >= 0.6 is 0 Å². The number of nitrogens with zero attached hydrogens (tertiary/aromatic N) is 2. The monoisotopic (exact) mass is 432 g/mol. The van der Waals surface area contributed by atoms with Crippen molar-refractivity contribution in [1.29, 1.82) is 0 Å². The summed E-state index contributed by atoms with van der Waals surface area (Å²) >= 11 is 0. The van der Waals surface area contributed by atoms with Crippen LogP contribution in [0.2, 0.25) is 0 Å². The molecule has 0 radical (unpaired) electrons. The number of nitrogens with one attached hydrogen (secondary N) is 2. The average Bonchev–Trinajstić information content (AvgIpc) is 3.46. The van der Waals surface area contributed by atoms with Gasteiger partial charge in [-0.15, -0.1) is 0 Å². The first-order chi connectivity index (χ1) is 15.4. The largest absolute Gasteiger partial charge is 0.459 e. The van der Waals surface area contributed by atoms with E-state index in [1.807, 2.05) is 13.8 Å². The molecule has 0 bridgehead atoms. The van der Waals surface area contributed by atoms with Crippen LogP contribution in [0, 0.1) is 5.82 Å². The number of aromatic nitrogens is 2. The van der Waals surface area contributed by atoms with Gasteiger partial charge < -0.3 is 15.1 Å². The van der Waals surface area contributed by atoms with E-state index in [1.165, 1.54) is 24.6 Å². The summed E-state index contributed by atoms with van der Waals surface area (Å²) in [6.45, 7) is 3.93. The lowest BCUT2D eigenvalue weighted by atomic mass is 10.0. The number of halogens is 1. The summed E-state index contributed by atoms with van der Waals surface area (Å²) in [7, 11) is 0. The minimum Gasteiger partial charge on any atom is -0.459 e. The molecule has 0 spiro atoms. The number of furan rings is 1. The van der Waals surface area contributed by atoms with Gasteiger partial charge in [-0.1, -0.05) is 13.8 Å². The third-order valence-corrected chi connectivity index (χ3v) is 4.81. The highest BCUT2D eigenvalue weighted by Gasteiger charge is 2.21. The molecule has 2 heterocycles. The van der Waals surface area contributed by atoms with E-state index in [1.54, 1.807) is 53.2 Å². The fraction of sp³-hybridized carbons (Fsp3) is 0.125. The van der Waals surface area contributed by atoms with Crippen molar-refractivity contribution in [3.63, 3.8) is 0 Å². The Kier molecular flexibility index (Phi) is 5.85. The molecule has 4 aromatic rings. The van der Waals surface area contributed by atoms with Gasteiger partial charge in [-0.3, -0.25) is 9.59 Å². The van der Waals surface area contributed by atoms with Crippen LogP contribution in [-0.4, -0.2) is 21.6 Å². The fourth-order valence-corrected chi connectivity index (χ4v) is 3.31. The highest BCUT2D eigenvalue weighted by molar-refractivity contribution is 6.05. The maximum Gasteiger partial charge on any atom is 0.291 e. The Morgan fingerprint density at radius 3 is 2.12 bits per heavy atom. The van der Waals surface area contributed by atoms with Gasteiger partial charge in [-0.05, 0) is 66.6 Å². The quantitative estimate of drug-likeness (QED) is 0.436. The number of anilines is 2. The standard InChI is InChI=1S/C24H21FN4O3/c1-15(2)22-20(14-26-29(22)19-11-5-16(25)6-12-19)23(30)27-17-7-9-18(10-8-17)28-24(31)21-4-3-13-32-21/h3-15H,1-2H3,(H,27,30)(H,28,31). The molecule has 0 fully saturated rings. The highest BCUT2D eigenvalue weighted by Crippen LogP contribution is 2.24. The molecule has 0 aliphatic heterocycles. The summed E-state index contributed by atoms with van der Waals surface area (Å²) in [5, 5.41) is 9.92. The number of carbonyl (C=O) groups is 2. The first-order valence-electron chi connectivity index (χ1n) is 10.0. The Bertz CT molecular complexity index is 1230. The summed E-state index contributed by atoms with van der Waals surface area (Å²) < 4.78 is 20.0. The highest BCUT2D eigenvalue weighted by atomic mass is 19.1. The molecule has 0 aliphatic rings. The van der Waals surface area contributed by atoms with Crippen molar-refractivity contribution in [2.24, 2.45) is 0 Å². The van der Waals surface area contributed by atoms with Crippen LogP contribution in [0.3, 0.4) is 0 Å². The maximum absolute atomic E-state index is 13.3. The SMILES string of the molecule is CC(C)c1c(C(=O)Nc2ccc(NC(=O)c3ccco3)cc2)cnn1-c1ccc(F)cc1. The van der Waals surface area contributed by atoms with Gasteiger partial charge in [0.25, 0.3) is 11.8 Å². The van der Waals surface area contributed by atoms with Crippen LogP contribution in [0.25, 0.3) is 5.69 Å². The van der Waals surface area contributed by atoms with E-state index < -0.39 is 0 Å². The molecule has 0 unspecified atom stereocenters. The minimum atomic E-state index is -0.360. The van der Waals surface area contributed by atoms with Gasteiger partial charge in [0.05, 0.1) is 29.4 Å². The number of hydrogen-bond acceptors (Lipinski definition) is 4. The number of hydrogen-bond donors (Lipinski definition) is 2. The van der Waals surface area contributed by atoms with Crippen LogP contribution in [0.15, 0.2) is 77.5 Å². The number of rotatable bonds is 6. The number of benzene rings is 2. The Hall–Kier alpha value is -4.20. The Balaban J connectivity index is 1.50. The first kappa shape index (κ1) is 21.0. The van der Waals surface area contributed by atoms with E-state index in [4.69, 9.17) is 4.42 Å². The molecular weight excluding hydrogens is 411 g/mol. The van der Waals surface area contributed by atoms with Crippen molar-refractivity contribution in [3.05, 3.63) is 96.0 Å². The van der Waals surface area contributed by atoms with E-state index in [0.717, 1.165) is 5.69 Å². The second-order valence-electron chi connectivity index (χ2n) is 7.45. The molecule has 0 aliphatic carbocycles. The molecule has 32 heavy (non-hydrogen) atoms. The van der Waals surface area contributed by atoms with Crippen molar-refractivity contribution < 1.29 is 18.4 Å². The normalized spacial score (nSPS) is 10.9. The Morgan fingerprint density at radius 1 is 0.938 bits per heavy atom. The zero-order valence-electron chi connectivity index (χ0n) is 17.5. The molecule has 0 atom stereocenters. The molecule has 2 N–H and O–H groups in total. The lowest BCUT2D eigenvalue weighted by Gasteiger charge is -2.13. The van der Waals surface area contributed by atoms with Gasteiger partial charge in [-0.2, -0.15) is 5.10 Å². The van der Waals surface area contributed by atoms with Gasteiger partial charge in [0.2, 0.25) is 0 Å². The average molecular weight is 432 g/mol. The lowest BCUT2D eigenvalue weighted by Crippen LogP contribution is -2.15. The van der Waals surface area contributed by atoms with Gasteiger partial charge in [-0.25, -0.2) is 9.07 Å². The third kappa shape index (κ3) is 4.44. The zero-order chi connectivity index (χ0) is 22.7. The molecule has 2 amide bonds. The molecular formula is C24H21FN4O3. The van der Waals surface area contributed by atoms with Gasteiger partial charge >= 0.3 is 0 Å². The van der Waals surface area contributed by atoms with E-state index in [0.29, 0.717) is 22.6 Å². The van der Waals surface area contributed by atoms with Crippen molar-refractivity contribution in [2.45, 2.75) is 19.8 Å². The second kappa shape index (κ2) is 8.89. The van der Waals surface area contributed by atoms with Crippen molar-refractivity contribution in [2.75, 3.05) is 10.6 Å². The first-order valence-corrected chi connectivity index (χ1v) is 10.0. The van der Waals surface area contributed by atoms with Crippen LogP contribution < -0.4 is 10.6 Å². The molecule has 2 aromatic heterocycles. The van der Waals surface area contributed by atoms with Gasteiger partial charge in [0.15, 0.2) is 5.76 Å². The molecule has 2 aromatic carbocycles. The van der Waals surface area contributed by atoms with E-state index in [2.05, 4.69) is 15.7 Å². The smallest absolute Gasteiger partial charge is 0.291 e. The van der Waals surface area contributed by atoms with E-state index in [9.17, 15) is 14.0 Å². The number of carbonyl (C=O) groups excluding carboxylic acids is 2. The topological polar surface area (TPSA) is 89.2 Å². The van der Waals surface area contributed by atoms with Crippen molar-refractivity contribution >= 4 is 23.2 Å². The van der Waals surface area contributed by atoms with Crippen molar-refractivity contribution in [1.82, 2.24) is 9.78 Å². The van der Waals surface area contributed by atoms with Crippen LogP contribution in [0.4, 0.5) is 15.8 Å². The van der Waals surface area contributed by atoms with Crippen LogP contribution in [0.5, 0.6) is 0 Å². The second-order valence-corrected chi connectivity index (χ2v) is 7.45. The zero-order valence-corrected chi connectivity index (χ0v) is 17.5. The number of amides is 2. The summed E-state index contributed by atoms with van der Waals surface area (Å²) in [5.74, 6) is -0.797. The van der Waals surface area contributed by atoms with Crippen LogP contribution in [-0.2, 0) is 0 Å². The minimum absolute atomic E-state index is 0.00231. The van der Waals surface area contributed by atoms with Crippen LogP contribution in [0.1, 0.15) is 46.4 Å². The Morgan fingerprint density at radius 2 is 1.56 bits per heavy atom. The Labute approximate surface area is 183 Å². The van der Waals surface area contributed by atoms with Crippen molar-refractivity contribution in [3.8, 4) is 5.69 Å². The van der Waals surface area contributed by atoms with E-state index >= 15 is 0 Å². The predicted molar refractivity (Wildman–Crippen MR) is 119 cm³/mol. The summed E-state index contributed by atoms with van der Waals surface area (Å²) in [6.07, 6.45) is 2.93. The van der Waals surface area contributed by atoms with Gasteiger partial charge in [0, 0.05) is 11.4 Å².